The van der Waals surface area contributed by atoms with Crippen molar-refractivity contribution in [2.75, 3.05) is 14.2 Å². The van der Waals surface area contributed by atoms with Crippen molar-refractivity contribution in [3.05, 3.63) is 54.6 Å². The quantitative estimate of drug-likeness (QED) is 0.677. The van der Waals surface area contributed by atoms with Gasteiger partial charge in [0.15, 0.2) is 5.76 Å². The largest absolute Gasteiger partial charge is 0.455 e. The summed E-state index contributed by atoms with van der Waals surface area (Å²) in [6.07, 6.45) is 0. The van der Waals surface area contributed by atoms with Crippen LogP contribution in [0.1, 0.15) is 0 Å². The first-order valence-corrected chi connectivity index (χ1v) is 8.03. The van der Waals surface area contributed by atoms with Crippen molar-refractivity contribution >= 4 is 23.9 Å². The number of rotatable bonds is 4. The molecule has 0 N–H and O–H groups in total. The Hall–Kier alpha value is -1.87. The molecule has 5 heteroatoms. The zero-order valence-corrected chi connectivity index (χ0v) is 12.7. The minimum absolute atomic E-state index is 0.467. The summed E-state index contributed by atoms with van der Waals surface area (Å²) < 4.78 is 29.2. The maximum Gasteiger partial charge on any atom is 0.365 e. The van der Waals surface area contributed by atoms with Crippen LogP contribution in [0.5, 0.6) is 0 Å². The lowest BCUT2D eigenvalue weighted by Gasteiger charge is -2.14. The van der Waals surface area contributed by atoms with Gasteiger partial charge in [0.1, 0.15) is 10.9 Å². The highest BCUT2D eigenvalue weighted by Crippen LogP contribution is 2.50. The molecule has 0 radical (unpaired) electrons. The minimum atomic E-state index is -3.43. The van der Waals surface area contributed by atoms with Crippen molar-refractivity contribution in [3.63, 3.8) is 0 Å². The summed E-state index contributed by atoms with van der Waals surface area (Å²) in [5.74, 6) is 0.517. The molecule has 108 valence electrons. The van der Waals surface area contributed by atoms with Gasteiger partial charge in [-0.15, -0.1) is 0 Å². The average Bonchev–Trinajstić information content (AvgIpc) is 2.95. The first-order valence-electron chi connectivity index (χ1n) is 6.48. The van der Waals surface area contributed by atoms with Gasteiger partial charge in [-0.2, -0.15) is 0 Å². The third kappa shape index (κ3) is 2.32. The number of para-hydroxylation sites is 1. The summed E-state index contributed by atoms with van der Waals surface area (Å²) in [6.45, 7) is 0. The van der Waals surface area contributed by atoms with Crippen LogP contribution in [0.3, 0.4) is 0 Å². The Morgan fingerprint density at radius 1 is 0.905 bits per heavy atom. The molecule has 0 amide bonds. The molecule has 21 heavy (non-hydrogen) atoms. The first-order chi connectivity index (χ1) is 10.2. The van der Waals surface area contributed by atoms with E-state index in [1.807, 2.05) is 54.6 Å². The van der Waals surface area contributed by atoms with Crippen molar-refractivity contribution in [1.82, 2.24) is 0 Å². The van der Waals surface area contributed by atoms with Gasteiger partial charge < -0.3 is 13.5 Å². The number of furan rings is 1. The summed E-state index contributed by atoms with van der Waals surface area (Å²) in [5.41, 5.74) is 1.48. The zero-order chi connectivity index (χ0) is 14.9. The molecule has 0 saturated heterocycles. The molecule has 0 aliphatic heterocycles. The molecule has 3 aromatic rings. The Labute approximate surface area is 122 Å². The Bertz CT molecular complexity index is 800. The van der Waals surface area contributed by atoms with Crippen LogP contribution in [0.25, 0.3) is 22.3 Å². The second kappa shape index (κ2) is 5.49. The molecular formula is C16H15O4P. The third-order valence-electron chi connectivity index (χ3n) is 3.36. The zero-order valence-electron chi connectivity index (χ0n) is 11.8. The summed E-state index contributed by atoms with van der Waals surface area (Å²) >= 11 is 0. The van der Waals surface area contributed by atoms with Crippen LogP contribution < -0.4 is 5.30 Å². The van der Waals surface area contributed by atoms with Crippen molar-refractivity contribution in [3.8, 4) is 11.3 Å². The maximum atomic E-state index is 12.9. The van der Waals surface area contributed by atoms with E-state index in [-0.39, 0.29) is 0 Å². The van der Waals surface area contributed by atoms with Gasteiger partial charge in [0.2, 0.25) is 0 Å². The molecule has 0 aliphatic rings. The Morgan fingerprint density at radius 2 is 1.52 bits per heavy atom. The summed E-state index contributed by atoms with van der Waals surface area (Å²) in [4.78, 5) is 0. The van der Waals surface area contributed by atoms with E-state index in [1.165, 1.54) is 14.2 Å². The first kappa shape index (κ1) is 14.1. The molecule has 0 aliphatic carbocycles. The van der Waals surface area contributed by atoms with Crippen molar-refractivity contribution < 1.29 is 18.0 Å². The average molecular weight is 302 g/mol. The highest BCUT2D eigenvalue weighted by Gasteiger charge is 2.34. The topological polar surface area (TPSA) is 48.7 Å². The molecule has 0 atom stereocenters. The highest BCUT2D eigenvalue weighted by atomic mass is 31.2. The summed E-state index contributed by atoms with van der Waals surface area (Å²) in [7, 11) is -0.676. The van der Waals surface area contributed by atoms with Gasteiger partial charge in [0.25, 0.3) is 0 Å². The summed E-state index contributed by atoms with van der Waals surface area (Å²) in [5, 5.41) is 1.21. The second-order valence-corrected chi connectivity index (χ2v) is 6.68. The number of hydrogen-bond acceptors (Lipinski definition) is 4. The number of benzene rings is 2. The van der Waals surface area contributed by atoms with Crippen molar-refractivity contribution in [1.29, 1.82) is 0 Å². The molecule has 0 unspecified atom stereocenters. The van der Waals surface area contributed by atoms with Crippen LogP contribution in [-0.2, 0) is 13.6 Å². The number of fused-ring (bicyclic) bond motifs is 1. The van der Waals surface area contributed by atoms with Gasteiger partial charge in [-0.25, -0.2) is 0 Å². The van der Waals surface area contributed by atoms with Crippen LogP contribution in [0.4, 0.5) is 0 Å². The standard InChI is InChI=1S/C16H15O4P/c1-18-21(17,19-2)16-13-10-6-7-11-14(13)20-15(16)12-8-4-3-5-9-12/h3-11H,1-2H3. The van der Waals surface area contributed by atoms with Crippen LogP contribution in [0.2, 0.25) is 0 Å². The maximum absolute atomic E-state index is 12.9. The van der Waals surface area contributed by atoms with Crippen LogP contribution in [-0.4, -0.2) is 14.2 Å². The molecule has 3 rings (SSSR count). The minimum Gasteiger partial charge on any atom is -0.455 e. The predicted octanol–water partition coefficient (Wildman–Crippen LogP) is 4.21. The van der Waals surface area contributed by atoms with E-state index in [4.69, 9.17) is 13.5 Å². The Morgan fingerprint density at radius 3 is 2.19 bits per heavy atom. The van der Waals surface area contributed by atoms with E-state index in [1.54, 1.807) is 0 Å². The predicted molar refractivity (Wildman–Crippen MR) is 82.9 cm³/mol. The van der Waals surface area contributed by atoms with Crippen molar-refractivity contribution in [2.45, 2.75) is 0 Å². The van der Waals surface area contributed by atoms with E-state index >= 15 is 0 Å². The summed E-state index contributed by atoms with van der Waals surface area (Å²) in [6, 6.07) is 16.9. The lowest BCUT2D eigenvalue weighted by atomic mass is 10.1. The second-order valence-electron chi connectivity index (χ2n) is 4.50. The smallest absolute Gasteiger partial charge is 0.365 e. The van der Waals surface area contributed by atoms with E-state index in [0.29, 0.717) is 16.6 Å². The third-order valence-corrected chi connectivity index (χ3v) is 5.31. The van der Waals surface area contributed by atoms with E-state index in [2.05, 4.69) is 0 Å². The Balaban J connectivity index is 2.37. The van der Waals surface area contributed by atoms with Crippen molar-refractivity contribution in [2.24, 2.45) is 0 Å². The molecule has 2 aromatic carbocycles. The van der Waals surface area contributed by atoms with Crippen LogP contribution >= 0.6 is 7.60 Å². The fourth-order valence-electron chi connectivity index (χ4n) is 2.35. The van der Waals surface area contributed by atoms with Gasteiger partial charge in [-0.3, -0.25) is 4.57 Å². The molecule has 0 fully saturated rings. The number of hydrogen-bond donors (Lipinski definition) is 0. The SMILES string of the molecule is COP(=O)(OC)c1c(-c2ccccc2)oc2ccccc12. The lowest BCUT2D eigenvalue weighted by Crippen LogP contribution is -2.09. The van der Waals surface area contributed by atoms with E-state index in [0.717, 1.165) is 10.9 Å². The highest BCUT2D eigenvalue weighted by molar-refractivity contribution is 7.63. The van der Waals surface area contributed by atoms with Crippen LogP contribution in [0, 0.1) is 0 Å². The molecular weight excluding hydrogens is 287 g/mol. The van der Waals surface area contributed by atoms with E-state index in [9.17, 15) is 4.57 Å². The van der Waals surface area contributed by atoms with Gasteiger partial charge in [-0.05, 0) is 6.07 Å². The molecule has 1 heterocycles. The van der Waals surface area contributed by atoms with Crippen LogP contribution in [0.15, 0.2) is 59.0 Å². The van der Waals surface area contributed by atoms with Gasteiger partial charge in [0.05, 0.1) is 0 Å². The molecule has 1 aromatic heterocycles. The molecule has 0 saturated carbocycles. The van der Waals surface area contributed by atoms with Gasteiger partial charge in [0, 0.05) is 25.2 Å². The Kier molecular flexibility index (Phi) is 3.68. The lowest BCUT2D eigenvalue weighted by molar-refractivity contribution is 0.287. The molecule has 4 nitrogen and oxygen atoms in total. The molecule has 0 bridgehead atoms. The van der Waals surface area contributed by atoms with E-state index < -0.39 is 7.60 Å². The fraction of sp³-hybridized carbons (Fsp3) is 0.125. The van der Waals surface area contributed by atoms with Gasteiger partial charge in [-0.1, -0.05) is 48.5 Å². The molecule has 0 spiro atoms. The fourth-order valence-corrected chi connectivity index (χ4v) is 3.76. The normalized spacial score (nSPS) is 11.9. The monoisotopic (exact) mass is 302 g/mol. The van der Waals surface area contributed by atoms with Gasteiger partial charge >= 0.3 is 7.60 Å².